The summed E-state index contributed by atoms with van der Waals surface area (Å²) in [6.07, 6.45) is -3.70. The van der Waals surface area contributed by atoms with Crippen molar-refractivity contribution in [2.24, 2.45) is 4.99 Å². The molecule has 0 fully saturated rings. The SMILES string of the molecule is CCOC(=O)C1=C(C(F)(F)F)N=c2s/c(=C\c3cc(Cl)cc(I)c3OC(C)C)c(=O)n2[C@H]1c1ccc(Cl)cc1. The summed E-state index contributed by atoms with van der Waals surface area (Å²) in [7, 11) is 0. The highest BCUT2D eigenvalue weighted by atomic mass is 127. The van der Waals surface area contributed by atoms with Gasteiger partial charge in [-0.3, -0.25) is 9.36 Å². The maximum Gasteiger partial charge on any atom is 0.434 e. The molecule has 1 aromatic heterocycles. The van der Waals surface area contributed by atoms with Gasteiger partial charge in [-0.1, -0.05) is 46.7 Å². The highest BCUT2D eigenvalue weighted by Crippen LogP contribution is 2.38. The average molecular weight is 711 g/mol. The van der Waals surface area contributed by atoms with Crippen molar-refractivity contribution >= 4 is 69.2 Å². The Labute approximate surface area is 248 Å². The standard InChI is InChI=1S/C26H20Cl2F3IN2O4S/c1-4-37-24(36)19-20(13-5-7-15(27)8-6-13)34-23(35)18(39-25(34)33-22(19)26(29,30)31)10-14-9-16(28)11-17(32)21(14)38-12(2)3/h5-12,20H,4H2,1-3H3/b18-10-/t20-/m0/s1. The van der Waals surface area contributed by atoms with Crippen LogP contribution in [0.25, 0.3) is 6.08 Å². The quantitative estimate of drug-likeness (QED) is 0.231. The molecule has 4 rings (SSSR count). The zero-order valence-corrected chi connectivity index (χ0v) is 25.1. The predicted octanol–water partition coefficient (Wildman–Crippen LogP) is 6.04. The molecule has 13 heteroatoms. The maximum absolute atomic E-state index is 14.3. The van der Waals surface area contributed by atoms with Gasteiger partial charge in [-0.05, 0) is 79.3 Å². The van der Waals surface area contributed by atoms with Crippen LogP contribution in [0, 0.1) is 3.57 Å². The number of alkyl halides is 3. The third-order valence-corrected chi connectivity index (χ3v) is 7.71. The lowest BCUT2D eigenvalue weighted by Crippen LogP contribution is -2.41. The molecule has 6 nitrogen and oxygen atoms in total. The molecule has 0 unspecified atom stereocenters. The third kappa shape index (κ3) is 6.21. The van der Waals surface area contributed by atoms with E-state index in [1.54, 1.807) is 12.1 Å². The summed E-state index contributed by atoms with van der Waals surface area (Å²) in [5.74, 6) is -0.752. The number of hydrogen-bond acceptors (Lipinski definition) is 6. The largest absolute Gasteiger partial charge is 0.489 e. The topological polar surface area (TPSA) is 69.9 Å². The van der Waals surface area contributed by atoms with E-state index in [1.165, 1.54) is 37.3 Å². The Bertz CT molecular complexity index is 1650. The van der Waals surface area contributed by atoms with Gasteiger partial charge in [-0.15, -0.1) is 0 Å². The Balaban J connectivity index is 2.06. The number of rotatable bonds is 6. The summed E-state index contributed by atoms with van der Waals surface area (Å²) in [5.41, 5.74) is -2.16. The van der Waals surface area contributed by atoms with Gasteiger partial charge in [0.25, 0.3) is 5.56 Å². The van der Waals surface area contributed by atoms with E-state index in [0.29, 0.717) is 24.9 Å². The van der Waals surface area contributed by atoms with Gasteiger partial charge in [0.05, 0.1) is 32.4 Å². The summed E-state index contributed by atoms with van der Waals surface area (Å²) < 4.78 is 55.5. The van der Waals surface area contributed by atoms with Crippen molar-refractivity contribution < 1.29 is 27.4 Å². The van der Waals surface area contributed by atoms with Crippen molar-refractivity contribution in [1.82, 2.24) is 4.57 Å². The number of halogens is 6. The Morgan fingerprint density at radius 2 is 1.87 bits per heavy atom. The van der Waals surface area contributed by atoms with Crippen LogP contribution in [0.15, 0.2) is 57.5 Å². The van der Waals surface area contributed by atoms with Gasteiger partial charge in [-0.2, -0.15) is 13.2 Å². The lowest BCUT2D eigenvalue weighted by Gasteiger charge is -2.26. The van der Waals surface area contributed by atoms with Crippen LogP contribution in [0.3, 0.4) is 0 Å². The van der Waals surface area contributed by atoms with Crippen molar-refractivity contribution in [3.8, 4) is 5.75 Å². The zero-order valence-electron chi connectivity index (χ0n) is 20.6. The molecule has 1 aliphatic heterocycles. The molecule has 2 aromatic carbocycles. The van der Waals surface area contributed by atoms with Crippen molar-refractivity contribution in [2.45, 2.75) is 39.1 Å². The summed E-state index contributed by atoms with van der Waals surface area (Å²) in [6, 6.07) is 7.68. The lowest BCUT2D eigenvalue weighted by molar-refractivity contribution is -0.140. The van der Waals surface area contributed by atoms with Gasteiger partial charge in [0.15, 0.2) is 10.5 Å². The number of aromatic nitrogens is 1. The highest BCUT2D eigenvalue weighted by molar-refractivity contribution is 14.1. The van der Waals surface area contributed by atoms with Crippen LogP contribution in [0.2, 0.25) is 10.0 Å². The van der Waals surface area contributed by atoms with E-state index in [-0.39, 0.29) is 27.6 Å². The molecule has 39 heavy (non-hydrogen) atoms. The molecule has 0 aliphatic carbocycles. The zero-order chi connectivity index (χ0) is 28.6. The normalized spacial score (nSPS) is 15.8. The molecule has 0 bridgehead atoms. The number of benzene rings is 2. The first-order chi connectivity index (χ1) is 18.3. The van der Waals surface area contributed by atoms with Crippen LogP contribution in [0.4, 0.5) is 13.2 Å². The van der Waals surface area contributed by atoms with Crippen molar-refractivity contribution in [1.29, 1.82) is 0 Å². The molecule has 1 aliphatic rings. The van der Waals surface area contributed by atoms with Gasteiger partial charge in [0.1, 0.15) is 5.75 Å². The van der Waals surface area contributed by atoms with Crippen LogP contribution in [0.1, 0.15) is 37.9 Å². The van der Waals surface area contributed by atoms with Crippen LogP contribution in [-0.2, 0) is 9.53 Å². The van der Waals surface area contributed by atoms with Gasteiger partial charge in [0.2, 0.25) is 0 Å². The number of ether oxygens (including phenoxy) is 2. The second kappa shape index (κ2) is 11.6. The minimum absolute atomic E-state index is 0.0750. The Morgan fingerprint density at radius 1 is 1.21 bits per heavy atom. The van der Waals surface area contributed by atoms with Gasteiger partial charge >= 0.3 is 12.1 Å². The lowest BCUT2D eigenvalue weighted by atomic mass is 9.95. The Kier molecular flexibility index (Phi) is 8.84. The third-order valence-electron chi connectivity index (χ3n) is 5.46. The van der Waals surface area contributed by atoms with E-state index in [9.17, 15) is 22.8 Å². The van der Waals surface area contributed by atoms with Crippen LogP contribution in [-0.4, -0.2) is 29.4 Å². The van der Waals surface area contributed by atoms with Gasteiger partial charge < -0.3 is 9.47 Å². The summed E-state index contributed by atoms with van der Waals surface area (Å²) in [6.45, 7) is 4.98. The fourth-order valence-electron chi connectivity index (χ4n) is 3.99. The van der Waals surface area contributed by atoms with Crippen LogP contribution < -0.4 is 19.6 Å². The minimum Gasteiger partial charge on any atom is -0.489 e. The smallest absolute Gasteiger partial charge is 0.434 e. The first kappa shape index (κ1) is 29.6. The van der Waals surface area contributed by atoms with E-state index < -0.39 is 35.0 Å². The highest BCUT2D eigenvalue weighted by Gasteiger charge is 2.45. The van der Waals surface area contributed by atoms with Crippen molar-refractivity contribution in [3.63, 3.8) is 0 Å². The van der Waals surface area contributed by atoms with E-state index >= 15 is 0 Å². The molecule has 0 radical (unpaired) electrons. The number of carbonyl (C=O) groups is 1. The number of hydrogen-bond donors (Lipinski definition) is 0. The molecular formula is C26H20Cl2F3IN2O4S. The molecule has 2 heterocycles. The molecule has 1 atom stereocenters. The summed E-state index contributed by atoms with van der Waals surface area (Å²) in [4.78, 5) is 30.2. The minimum atomic E-state index is -5.00. The number of carbonyl (C=O) groups excluding carboxylic acids is 1. The molecular weight excluding hydrogens is 691 g/mol. The fourth-order valence-corrected chi connectivity index (χ4v) is 6.29. The molecule has 0 amide bonds. The number of nitrogens with zero attached hydrogens (tertiary/aromatic N) is 2. The first-order valence-corrected chi connectivity index (χ1v) is 14.2. The van der Waals surface area contributed by atoms with Crippen LogP contribution >= 0.6 is 57.1 Å². The number of thiazole rings is 1. The summed E-state index contributed by atoms with van der Waals surface area (Å²) in [5, 5.41) is 0.717. The summed E-state index contributed by atoms with van der Waals surface area (Å²) >= 11 is 15.1. The van der Waals surface area contributed by atoms with E-state index in [1.807, 2.05) is 13.8 Å². The molecule has 3 aromatic rings. The molecule has 206 valence electrons. The maximum atomic E-state index is 14.3. The van der Waals surface area contributed by atoms with E-state index in [0.717, 1.165) is 15.9 Å². The predicted molar refractivity (Wildman–Crippen MR) is 152 cm³/mol. The number of esters is 1. The van der Waals surface area contributed by atoms with E-state index in [2.05, 4.69) is 27.6 Å². The molecule has 0 spiro atoms. The molecule has 0 saturated heterocycles. The fraction of sp³-hybridized carbons (Fsp3) is 0.269. The van der Waals surface area contributed by atoms with Crippen molar-refractivity contribution in [3.05, 3.63) is 92.1 Å². The van der Waals surface area contributed by atoms with Crippen molar-refractivity contribution in [2.75, 3.05) is 6.61 Å². The second-order valence-electron chi connectivity index (χ2n) is 8.59. The van der Waals surface area contributed by atoms with Crippen LogP contribution in [0.5, 0.6) is 5.75 Å². The monoisotopic (exact) mass is 710 g/mol. The molecule has 0 saturated carbocycles. The molecule has 0 N–H and O–H groups in total. The van der Waals surface area contributed by atoms with Gasteiger partial charge in [0, 0.05) is 15.6 Å². The Hall–Kier alpha value is -2.35. The van der Waals surface area contributed by atoms with E-state index in [4.69, 9.17) is 32.7 Å². The number of fused-ring (bicyclic) bond motifs is 1. The number of allylic oxidation sites excluding steroid dienone is 1. The van der Waals surface area contributed by atoms with Gasteiger partial charge in [-0.25, -0.2) is 9.79 Å². The average Bonchev–Trinajstić information content (AvgIpc) is 3.15. The first-order valence-electron chi connectivity index (χ1n) is 11.5. The second-order valence-corrected chi connectivity index (χ2v) is 11.6. The Morgan fingerprint density at radius 3 is 2.46 bits per heavy atom.